The van der Waals surface area contributed by atoms with Gasteiger partial charge in [0, 0.05) is 12.2 Å². The van der Waals surface area contributed by atoms with Gasteiger partial charge in [-0.05, 0) is 24.5 Å². The van der Waals surface area contributed by atoms with E-state index in [1.165, 1.54) is 12.1 Å². The molecule has 0 atom stereocenters. The number of hydrogen-bond acceptors (Lipinski definition) is 5. The van der Waals surface area contributed by atoms with Crippen LogP contribution in [-0.2, 0) is 17.5 Å². The molecular weight excluding hydrogens is 471 g/mol. The average Bonchev–Trinajstić information content (AvgIpc) is 2.79. The highest BCUT2D eigenvalue weighted by molar-refractivity contribution is 6.04. The molecule has 0 unspecified atom stereocenters. The highest BCUT2D eigenvalue weighted by Gasteiger charge is 2.33. The number of alkyl halides is 3. The summed E-state index contributed by atoms with van der Waals surface area (Å²) in [5.41, 5.74) is -3.92. The first kappa shape index (κ1) is 25.8. The fourth-order valence-electron chi connectivity index (χ4n) is 4.02. The molecule has 0 bridgehead atoms. The Hall–Kier alpha value is -3.83. The zero-order chi connectivity index (χ0) is 25.8. The first-order chi connectivity index (χ1) is 16.5. The topological polar surface area (TPSA) is 138 Å². The molecule has 1 aromatic carbocycles. The van der Waals surface area contributed by atoms with E-state index in [9.17, 15) is 37.5 Å². The number of carboxylic acid groups (broad SMARTS) is 1. The van der Waals surface area contributed by atoms with Crippen LogP contribution in [0.1, 0.15) is 63.9 Å². The van der Waals surface area contributed by atoms with Crippen molar-refractivity contribution in [2.24, 2.45) is 0 Å². The summed E-state index contributed by atoms with van der Waals surface area (Å²) in [5.74, 6) is -4.49. The summed E-state index contributed by atoms with van der Waals surface area (Å²) in [6, 6.07) is 4.30. The highest BCUT2D eigenvalue weighted by Crippen LogP contribution is 2.32. The van der Waals surface area contributed by atoms with Crippen LogP contribution < -0.4 is 16.2 Å². The normalized spacial score (nSPS) is 14.4. The van der Waals surface area contributed by atoms with Crippen molar-refractivity contribution in [3.63, 3.8) is 0 Å². The van der Waals surface area contributed by atoms with E-state index in [-0.39, 0.29) is 11.6 Å². The summed E-state index contributed by atoms with van der Waals surface area (Å²) in [7, 11) is 0. The number of nitrogens with one attached hydrogen (secondary N) is 2. The van der Waals surface area contributed by atoms with Gasteiger partial charge < -0.3 is 25.4 Å². The molecule has 188 valence electrons. The molecule has 1 fully saturated rings. The lowest BCUT2D eigenvalue weighted by molar-refractivity contribution is -0.138. The Morgan fingerprint density at radius 2 is 1.71 bits per heavy atom. The number of amides is 2. The molecule has 1 aliphatic rings. The van der Waals surface area contributed by atoms with E-state index in [4.69, 9.17) is 5.11 Å². The van der Waals surface area contributed by atoms with Gasteiger partial charge in [-0.15, -0.1) is 0 Å². The van der Waals surface area contributed by atoms with Gasteiger partial charge in [0.15, 0.2) is 0 Å². The van der Waals surface area contributed by atoms with Gasteiger partial charge in [-0.2, -0.15) is 13.2 Å². The number of nitrogens with zero attached hydrogens (tertiary/aromatic N) is 1. The fraction of sp³-hybridized carbons (Fsp3) is 0.391. The SMILES string of the molecule is O=C(O)CNC(=O)c1c(O)c(C(=O)NC2CCCCC2)cn(Cc2ccccc2C(F)(F)F)c1=O. The second-order valence-electron chi connectivity index (χ2n) is 8.24. The zero-order valence-electron chi connectivity index (χ0n) is 18.5. The summed E-state index contributed by atoms with van der Waals surface area (Å²) in [6.07, 6.45) is 0.334. The molecule has 1 aromatic heterocycles. The van der Waals surface area contributed by atoms with Gasteiger partial charge in [-0.1, -0.05) is 37.5 Å². The predicted octanol–water partition coefficient (Wildman–Crippen LogP) is 2.50. The van der Waals surface area contributed by atoms with Crippen LogP contribution in [0.4, 0.5) is 13.2 Å². The lowest BCUT2D eigenvalue weighted by atomic mass is 9.95. The van der Waals surface area contributed by atoms with Crippen molar-refractivity contribution in [1.29, 1.82) is 0 Å². The van der Waals surface area contributed by atoms with Crippen molar-refractivity contribution >= 4 is 17.8 Å². The molecule has 0 saturated heterocycles. The van der Waals surface area contributed by atoms with Gasteiger partial charge in [-0.25, -0.2) is 0 Å². The largest absolute Gasteiger partial charge is 0.506 e. The van der Waals surface area contributed by atoms with Crippen molar-refractivity contribution < 1.29 is 37.8 Å². The number of rotatable bonds is 7. The third-order valence-electron chi connectivity index (χ3n) is 5.73. The Labute approximate surface area is 197 Å². The van der Waals surface area contributed by atoms with Crippen LogP contribution >= 0.6 is 0 Å². The predicted molar refractivity (Wildman–Crippen MR) is 117 cm³/mol. The Kier molecular flexibility index (Phi) is 7.82. The van der Waals surface area contributed by atoms with E-state index in [0.29, 0.717) is 12.8 Å². The highest BCUT2D eigenvalue weighted by atomic mass is 19.4. The first-order valence-corrected chi connectivity index (χ1v) is 10.9. The minimum Gasteiger partial charge on any atom is -0.506 e. The van der Waals surface area contributed by atoms with Gasteiger partial charge in [0.1, 0.15) is 17.9 Å². The Balaban J connectivity index is 2.07. The first-order valence-electron chi connectivity index (χ1n) is 10.9. The Morgan fingerprint density at radius 3 is 2.34 bits per heavy atom. The second kappa shape index (κ2) is 10.6. The fourth-order valence-corrected chi connectivity index (χ4v) is 4.02. The molecule has 1 saturated carbocycles. The lowest BCUT2D eigenvalue weighted by Gasteiger charge is -2.23. The number of carbonyl (C=O) groups is 3. The van der Waals surface area contributed by atoms with Gasteiger partial charge in [0.25, 0.3) is 17.4 Å². The molecule has 0 aliphatic heterocycles. The zero-order valence-corrected chi connectivity index (χ0v) is 18.5. The minimum atomic E-state index is -4.72. The van der Waals surface area contributed by atoms with Gasteiger partial charge in [0.05, 0.1) is 17.7 Å². The maximum atomic E-state index is 13.5. The van der Waals surface area contributed by atoms with E-state index in [2.05, 4.69) is 5.32 Å². The van der Waals surface area contributed by atoms with Gasteiger partial charge in [-0.3, -0.25) is 19.2 Å². The standard InChI is InChI=1S/C23H24F3N3O6/c24-23(25,26)16-9-5-4-6-13(16)11-29-12-15(20(33)28-14-7-2-1-3-8-14)19(32)18(22(29)35)21(34)27-10-17(30)31/h4-6,9,12,14,32H,1-3,7-8,10-11H2,(H,27,34)(H,28,33)(H,30,31). The molecular formula is C23H24F3N3O6. The van der Waals surface area contributed by atoms with E-state index in [1.54, 1.807) is 0 Å². The van der Waals surface area contributed by atoms with Crippen LogP contribution in [0.25, 0.3) is 0 Å². The maximum Gasteiger partial charge on any atom is 0.416 e. The van der Waals surface area contributed by atoms with Crippen LogP contribution in [0, 0.1) is 0 Å². The van der Waals surface area contributed by atoms with Crippen LogP contribution in [0.5, 0.6) is 5.75 Å². The Bertz CT molecular complexity index is 1190. The molecule has 9 nitrogen and oxygen atoms in total. The van der Waals surface area contributed by atoms with Crippen LogP contribution in [0.2, 0.25) is 0 Å². The van der Waals surface area contributed by atoms with Gasteiger partial charge >= 0.3 is 12.1 Å². The van der Waals surface area contributed by atoms with Gasteiger partial charge in [0.2, 0.25) is 0 Å². The van der Waals surface area contributed by atoms with E-state index in [1.807, 2.05) is 5.32 Å². The minimum absolute atomic E-state index is 0.203. The molecule has 1 aliphatic carbocycles. The number of aromatic hydroxyl groups is 1. The summed E-state index contributed by atoms with van der Waals surface area (Å²) < 4.78 is 41.1. The third kappa shape index (κ3) is 6.19. The second-order valence-corrected chi connectivity index (χ2v) is 8.24. The summed E-state index contributed by atoms with van der Waals surface area (Å²) in [6.45, 7) is -1.54. The molecule has 4 N–H and O–H groups in total. The monoisotopic (exact) mass is 495 g/mol. The van der Waals surface area contributed by atoms with Crippen molar-refractivity contribution in [3.05, 3.63) is 63.1 Å². The summed E-state index contributed by atoms with van der Waals surface area (Å²) in [5, 5.41) is 24.1. The Morgan fingerprint density at radius 1 is 1.06 bits per heavy atom. The summed E-state index contributed by atoms with van der Waals surface area (Å²) in [4.78, 5) is 49.2. The summed E-state index contributed by atoms with van der Waals surface area (Å²) >= 11 is 0. The van der Waals surface area contributed by atoms with E-state index in [0.717, 1.165) is 42.2 Å². The average molecular weight is 495 g/mol. The molecule has 2 aromatic rings. The van der Waals surface area contributed by atoms with Crippen LogP contribution in [0.3, 0.4) is 0 Å². The molecule has 35 heavy (non-hydrogen) atoms. The number of aliphatic carboxylic acids is 1. The maximum absolute atomic E-state index is 13.5. The number of hydrogen-bond donors (Lipinski definition) is 4. The van der Waals surface area contributed by atoms with Crippen molar-refractivity contribution in [2.45, 2.75) is 50.9 Å². The van der Waals surface area contributed by atoms with Crippen LogP contribution in [0.15, 0.2) is 35.3 Å². The molecule has 0 radical (unpaired) electrons. The molecule has 1 heterocycles. The molecule has 3 rings (SSSR count). The number of benzene rings is 1. The number of halogens is 3. The van der Waals surface area contributed by atoms with E-state index < -0.39 is 65.0 Å². The smallest absolute Gasteiger partial charge is 0.416 e. The molecule has 2 amide bonds. The number of carboxylic acids is 1. The van der Waals surface area contributed by atoms with Crippen molar-refractivity contribution in [1.82, 2.24) is 15.2 Å². The quantitative estimate of drug-likeness (QED) is 0.466. The number of aromatic nitrogens is 1. The molecule has 0 spiro atoms. The van der Waals surface area contributed by atoms with E-state index >= 15 is 0 Å². The van der Waals surface area contributed by atoms with Crippen molar-refractivity contribution in [3.8, 4) is 5.75 Å². The number of carbonyl (C=O) groups excluding carboxylic acids is 2. The molecule has 12 heteroatoms. The number of pyridine rings is 1. The van der Waals surface area contributed by atoms with Crippen LogP contribution in [-0.4, -0.2) is 45.2 Å². The third-order valence-corrected chi connectivity index (χ3v) is 5.73. The van der Waals surface area contributed by atoms with Crippen molar-refractivity contribution in [2.75, 3.05) is 6.54 Å². The lowest BCUT2D eigenvalue weighted by Crippen LogP contribution is -2.39.